The number of benzene rings is 1. The van der Waals surface area contributed by atoms with Crippen molar-refractivity contribution in [3.05, 3.63) is 66.0 Å². The average molecular weight is 698 g/mol. The van der Waals surface area contributed by atoms with Gasteiger partial charge < -0.3 is 9.88 Å². The number of rotatable bonds is 9. The number of nitriles is 1. The Hall–Kier alpha value is -4.37. The van der Waals surface area contributed by atoms with Crippen molar-refractivity contribution in [1.29, 1.82) is 5.26 Å². The SMILES string of the molecule is Cc1cc(CN2CCN(C)[C@@H](CC#N)C2)ccc1-n1cc(-c2nc(NC3CCN(S(=O)(=O)c4cn(C)cn4)CC3)ncc2C(F)(F)F)cn1. The fourth-order valence-electron chi connectivity index (χ4n) is 6.34. The van der Waals surface area contributed by atoms with E-state index in [1.54, 1.807) is 16.3 Å². The molecule has 6 rings (SSSR count). The standard InChI is InChI=1S/C32H38F3N11O2S/c1-22-14-23(17-44-13-12-43(3)26(19-44)6-9-36)4-5-28(22)46-18-24(15-39-46)30-27(32(33,34)35)16-37-31(41-30)40-25-7-10-45(11-8-25)49(47,48)29-20-42(2)21-38-29/h4-5,14-16,18,20-21,25-26H,6-8,10-13,17,19H2,1-3H3,(H,37,40,41)/t26-/m0/s1. The molecule has 5 heterocycles. The van der Waals surface area contributed by atoms with Crippen LogP contribution in [0.5, 0.6) is 0 Å². The van der Waals surface area contributed by atoms with E-state index in [0.29, 0.717) is 19.3 Å². The summed E-state index contributed by atoms with van der Waals surface area (Å²) in [5.41, 5.74) is 1.63. The maximum absolute atomic E-state index is 14.1. The lowest BCUT2D eigenvalue weighted by Gasteiger charge is -2.38. The minimum Gasteiger partial charge on any atom is -0.351 e. The van der Waals surface area contributed by atoms with Crippen molar-refractivity contribution in [3.63, 3.8) is 0 Å². The zero-order valence-electron chi connectivity index (χ0n) is 27.5. The number of likely N-dealkylation sites (N-methyl/N-ethyl adjacent to an activating group) is 1. The molecule has 2 aliphatic heterocycles. The van der Waals surface area contributed by atoms with Crippen molar-refractivity contribution in [2.75, 3.05) is 45.1 Å². The molecule has 260 valence electrons. The number of piperidine rings is 1. The van der Waals surface area contributed by atoms with E-state index >= 15 is 0 Å². The van der Waals surface area contributed by atoms with Gasteiger partial charge in [-0.3, -0.25) is 9.80 Å². The number of nitrogens with one attached hydrogen (secondary N) is 1. The predicted octanol–water partition coefficient (Wildman–Crippen LogP) is 3.68. The molecule has 0 aliphatic carbocycles. The van der Waals surface area contributed by atoms with Gasteiger partial charge in [-0.25, -0.2) is 28.1 Å². The van der Waals surface area contributed by atoms with Gasteiger partial charge in [0.2, 0.25) is 5.95 Å². The Labute approximate surface area is 283 Å². The lowest BCUT2D eigenvalue weighted by molar-refractivity contribution is -0.137. The van der Waals surface area contributed by atoms with E-state index in [-0.39, 0.29) is 47.4 Å². The van der Waals surface area contributed by atoms with Crippen LogP contribution in [0.2, 0.25) is 0 Å². The Balaban J connectivity index is 1.16. The van der Waals surface area contributed by atoms with Gasteiger partial charge in [0.05, 0.1) is 36.4 Å². The number of sulfonamides is 1. The van der Waals surface area contributed by atoms with Crippen LogP contribution >= 0.6 is 0 Å². The molecule has 2 saturated heterocycles. The van der Waals surface area contributed by atoms with E-state index < -0.39 is 21.8 Å². The number of aryl methyl sites for hydroxylation is 2. The summed E-state index contributed by atoms with van der Waals surface area (Å²) >= 11 is 0. The number of aromatic nitrogens is 6. The van der Waals surface area contributed by atoms with Crippen LogP contribution in [0.3, 0.4) is 0 Å². The summed E-state index contributed by atoms with van der Waals surface area (Å²) in [7, 11) is -0.0169. The third-order valence-corrected chi connectivity index (χ3v) is 10.9. The van der Waals surface area contributed by atoms with Crippen molar-refractivity contribution in [1.82, 2.24) is 43.4 Å². The Bertz CT molecular complexity index is 1950. The molecule has 1 aromatic carbocycles. The molecule has 13 nitrogen and oxygen atoms in total. The van der Waals surface area contributed by atoms with E-state index in [2.05, 4.69) is 47.3 Å². The summed E-state index contributed by atoms with van der Waals surface area (Å²) in [6, 6.07) is 8.16. The number of anilines is 1. The first-order valence-corrected chi connectivity index (χ1v) is 17.4. The van der Waals surface area contributed by atoms with Crippen LogP contribution in [0, 0.1) is 18.3 Å². The number of piperazine rings is 1. The molecule has 49 heavy (non-hydrogen) atoms. The summed E-state index contributed by atoms with van der Waals surface area (Å²) in [6.45, 7) is 5.67. The fraction of sp³-hybridized carbons (Fsp3) is 0.469. The van der Waals surface area contributed by atoms with Gasteiger partial charge in [-0.15, -0.1) is 0 Å². The molecule has 1 N–H and O–H groups in total. The van der Waals surface area contributed by atoms with Crippen LogP contribution < -0.4 is 5.32 Å². The summed E-state index contributed by atoms with van der Waals surface area (Å²) in [4.78, 5) is 16.8. The molecule has 0 unspecified atom stereocenters. The summed E-state index contributed by atoms with van der Waals surface area (Å²) in [5.74, 6) is 0.0169. The number of imidazole rings is 1. The quantitative estimate of drug-likeness (QED) is 0.276. The van der Waals surface area contributed by atoms with E-state index in [4.69, 9.17) is 5.26 Å². The van der Waals surface area contributed by atoms with Crippen molar-refractivity contribution < 1.29 is 21.6 Å². The molecular weight excluding hydrogens is 659 g/mol. The topological polar surface area (TPSA) is 141 Å². The van der Waals surface area contributed by atoms with Gasteiger partial charge >= 0.3 is 6.18 Å². The highest BCUT2D eigenvalue weighted by Gasteiger charge is 2.36. The number of nitrogens with zero attached hydrogens (tertiary/aromatic N) is 10. The molecule has 2 aliphatic rings. The van der Waals surface area contributed by atoms with E-state index in [1.807, 2.05) is 26.1 Å². The average Bonchev–Trinajstić information content (AvgIpc) is 3.73. The number of hydrogen-bond acceptors (Lipinski definition) is 10. The highest BCUT2D eigenvalue weighted by atomic mass is 32.2. The van der Waals surface area contributed by atoms with Gasteiger partial charge in [-0.1, -0.05) is 12.1 Å². The monoisotopic (exact) mass is 697 g/mol. The number of alkyl halides is 3. The molecule has 0 radical (unpaired) electrons. The van der Waals surface area contributed by atoms with Crippen molar-refractivity contribution in [2.24, 2.45) is 7.05 Å². The lowest BCUT2D eigenvalue weighted by atomic mass is 10.1. The van der Waals surface area contributed by atoms with Gasteiger partial charge in [0.25, 0.3) is 10.0 Å². The molecule has 0 spiro atoms. The first kappa shape index (κ1) is 34.5. The van der Waals surface area contributed by atoms with Crippen LogP contribution in [0.15, 0.2) is 54.3 Å². The molecule has 1 atom stereocenters. The molecule has 4 aromatic rings. The second kappa shape index (κ2) is 13.9. The first-order chi connectivity index (χ1) is 23.3. The predicted molar refractivity (Wildman–Crippen MR) is 175 cm³/mol. The van der Waals surface area contributed by atoms with Gasteiger partial charge in [-0.2, -0.15) is 27.8 Å². The molecule has 0 amide bonds. The van der Waals surface area contributed by atoms with Gasteiger partial charge in [0.15, 0.2) is 5.03 Å². The summed E-state index contributed by atoms with van der Waals surface area (Å²) in [5, 5.41) is 16.6. The number of hydrogen-bond donors (Lipinski definition) is 1. The Morgan fingerprint density at radius 3 is 2.51 bits per heavy atom. The maximum Gasteiger partial charge on any atom is 0.419 e. The van der Waals surface area contributed by atoms with E-state index in [9.17, 15) is 21.6 Å². The molecule has 2 fully saturated rings. The van der Waals surface area contributed by atoms with Gasteiger partial charge in [0, 0.05) is 82.6 Å². The Kier molecular flexibility index (Phi) is 9.76. The van der Waals surface area contributed by atoms with E-state index in [1.165, 1.54) is 29.2 Å². The highest BCUT2D eigenvalue weighted by molar-refractivity contribution is 7.89. The number of halogens is 3. The maximum atomic E-state index is 14.1. The van der Waals surface area contributed by atoms with Crippen LogP contribution in [-0.4, -0.2) is 104 Å². The second-order valence-electron chi connectivity index (χ2n) is 12.7. The molecule has 3 aromatic heterocycles. The third kappa shape index (κ3) is 7.62. The van der Waals surface area contributed by atoms with Crippen LogP contribution in [-0.2, 0) is 29.8 Å². The Morgan fingerprint density at radius 1 is 1.06 bits per heavy atom. The summed E-state index contributed by atoms with van der Waals surface area (Å²) < 4.78 is 72.7. The molecular formula is C32H38F3N11O2S. The van der Waals surface area contributed by atoms with Crippen LogP contribution in [0.4, 0.5) is 19.1 Å². The molecule has 17 heteroatoms. The zero-order chi connectivity index (χ0) is 34.9. The van der Waals surface area contributed by atoms with Crippen molar-refractivity contribution in [3.8, 4) is 23.0 Å². The largest absolute Gasteiger partial charge is 0.419 e. The van der Waals surface area contributed by atoms with E-state index in [0.717, 1.165) is 49.2 Å². The minimum absolute atomic E-state index is 0.0169. The fourth-order valence-corrected chi connectivity index (χ4v) is 7.78. The molecule has 0 bridgehead atoms. The van der Waals surface area contributed by atoms with Crippen molar-refractivity contribution >= 4 is 16.0 Å². The smallest absolute Gasteiger partial charge is 0.351 e. The highest BCUT2D eigenvalue weighted by Crippen LogP contribution is 2.36. The van der Waals surface area contributed by atoms with Gasteiger partial charge in [-0.05, 0) is 44.0 Å². The third-order valence-electron chi connectivity index (χ3n) is 9.13. The minimum atomic E-state index is -4.70. The second-order valence-corrected chi connectivity index (χ2v) is 14.6. The first-order valence-electron chi connectivity index (χ1n) is 15.9. The molecule has 0 saturated carbocycles. The van der Waals surface area contributed by atoms with Crippen molar-refractivity contribution in [2.45, 2.75) is 56.0 Å². The van der Waals surface area contributed by atoms with Gasteiger partial charge in [0.1, 0.15) is 5.56 Å². The van der Waals surface area contributed by atoms with Crippen LogP contribution in [0.1, 0.15) is 36.0 Å². The summed E-state index contributed by atoms with van der Waals surface area (Å²) in [6.07, 6.45) is 3.11. The normalized spacial score (nSPS) is 18.8. The van der Waals surface area contributed by atoms with Crippen LogP contribution in [0.25, 0.3) is 16.9 Å². The zero-order valence-corrected chi connectivity index (χ0v) is 28.3. The Morgan fingerprint density at radius 2 is 1.84 bits per heavy atom. The lowest BCUT2D eigenvalue weighted by Crippen LogP contribution is -2.50.